The van der Waals surface area contributed by atoms with Gasteiger partial charge in [-0.05, 0) is 23.3 Å². The summed E-state index contributed by atoms with van der Waals surface area (Å²) in [6.45, 7) is 0.679. The lowest BCUT2D eigenvalue weighted by Gasteiger charge is -2.13. The molecule has 0 aromatic heterocycles. The summed E-state index contributed by atoms with van der Waals surface area (Å²) in [4.78, 5) is 34.6. The number of amides is 4. The van der Waals surface area contributed by atoms with Crippen molar-refractivity contribution in [3.05, 3.63) is 59.7 Å². The van der Waals surface area contributed by atoms with Crippen LogP contribution in [0.3, 0.4) is 0 Å². The highest BCUT2D eigenvalue weighted by molar-refractivity contribution is 6.05. The fourth-order valence-corrected chi connectivity index (χ4v) is 2.74. The van der Waals surface area contributed by atoms with Crippen LogP contribution in [0, 0.1) is 0 Å². The summed E-state index contributed by atoms with van der Waals surface area (Å²) in [6.07, 6.45) is -0.118. The first kappa shape index (κ1) is 19.2. The molecule has 0 unspecified atom stereocenters. The summed E-state index contributed by atoms with van der Waals surface area (Å²) in [7, 11) is 1.55. The fraction of sp³-hybridized carbons (Fsp3) is 0.250. The normalized spacial score (nSPS) is 15.5. The van der Waals surface area contributed by atoms with Crippen molar-refractivity contribution in [3.63, 3.8) is 0 Å². The predicted molar refractivity (Wildman–Crippen MR) is 101 cm³/mol. The third-order valence-corrected chi connectivity index (χ3v) is 4.20. The quantitative estimate of drug-likeness (QED) is 0.599. The van der Waals surface area contributed by atoms with Crippen molar-refractivity contribution >= 4 is 17.8 Å². The maximum Gasteiger partial charge on any atom is 0.322 e. The molecule has 0 bridgehead atoms. The summed E-state index contributed by atoms with van der Waals surface area (Å²) in [5.41, 5.74) is 1.86. The van der Waals surface area contributed by atoms with Crippen LogP contribution in [0.5, 0.6) is 11.5 Å². The highest BCUT2D eigenvalue weighted by Gasteiger charge is 2.31. The minimum atomic E-state index is -0.837. The Balaban J connectivity index is 1.53. The number of carbonyl (C=O) groups is 3. The van der Waals surface area contributed by atoms with Gasteiger partial charge >= 0.3 is 6.03 Å². The smallest absolute Gasteiger partial charge is 0.322 e. The molecule has 2 aromatic rings. The van der Waals surface area contributed by atoms with E-state index in [1.54, 1.807) is 19.2 Å². The second-order valence-corrected chi connectivity index (χ2v) is 6.26. The number of carbonyl (C=O) groups excluding carboxylic acids is 3. The molecule has 28 heavy (non-hydrogen) atoms. The maximum atomic E-state index is 12.0. The first-order valence-electron chi connectivity index (χ1n) is 8.77. The van der Waals surface area contributed by atoms with Crippen LogP contribution in [0.1, 0.15) is 17.5 Å². The number of urea groups is 1. The molecule has 3 rings (SSSR count). The van der Waals surface area contributed by atoms with Crippen molar-refractivity contribution in [1.82, 2.24) is 16.0 Å². The van der Waals surface area contributed by atoms with E-state index in [9.17, 15) is 14.4 Å². The summed E-state index contributed by atoms with van der Waals surface area (Å²) in [5, 5.41) is 7.20. The van der Waals surface area contributed by atoms with Crippen molar-refractivity contribution in [2.24, 2.45) is 0 Å². The maximum absolute atomic E-state index is 12.0. The van der Waals surface area contributed by atoms with E-state index in [0.29, 0.717) is 18.1 Å². The zero-order valence-electron chi connectivity index (χ0n) is 15.4. The largest absolute Gasteiger partial charge is 0.493 e. The van der Waals surface area contributed by atoms with Crippen molar-refractivity contribution < 1.29 is 23.9 Å². The minimum Gasteiger partial charge on any atom is -0.493 e. The lowest BCUT2D eigenvalue weighted by Crippen LogP contribution is -2.36. The number of nitrogens with one attached hydrogen (secondary N) is 3. The molecule has 1 saturated heterocycles. The van der Waals surface area contributed by atoms with Gasteiger partial charge in [-0.25, -0.2) is 4.79 Å². The van der Waals surface area contributed by atoms with E-state index in [1.807, 2.05) is 36.4 Å². The Morgan fingerprint density at radius 3 is 2.54 bits per heavy atom. The Labute approximate surface area is 162 Å². The van der Waals surface area contributed by atoms with Crippen molar-refractivity contribution in [2.75, 3.05) is 7.11 Å². The zero-order chi connectivity index (χ0) is 19.9. The van der Waals surface area contributed by atoms with Gasteiger partial charge in [0.2, 0.25) is 5.91 Å². The second kappa shape index (κ2) is 8.90. The average Bonchev–Trinajstić information content (AvgIpc) is 3.02. The van der Waals surface area contributed by atoms with E-state index in [4.69, 9.17) is 9.47 Å². The molecule has 1 aliphatic heterocycles. The molecule has 8 heteroatoms. The fourth-order valence-electron chi connectivity index (χ4n) is 2.74. The molecular weight excluding hydrogens is 362 g/mol. The molecular formula is C20H21N3O5. The van der Waals surface area contributed by atoms with Crippen LogP contribution in [-0.4, -0.2) is 31.0 Å². The Kier molecular flexibility index (Phi) is 6.11. The highest BCUT2D eigenvalue weighted by atomic mass is 16.5. The molecule has 4 amide bonds. The van der Waals surface area contributed by atoms with Crippen LogP contribution in [0.2, 0.25) is 0 Å². The topological polar surface area (TPSA) is 106 Å². The third kappa shape index (κ3) is 5.00. The molecule has 0 radical (unpaired) electrons. The molecule has 3 N–H and O–H groups in total. The minimum absolute atomic E-state index is 0.118. The summed E-state index contributed by atoms with van der Waals surface area (Å²) >= 11 is 0. The van der Waals surface area contributed by atoms with Crippen LogP contribution in [-0.2, 0) is 22.7 Å². The number of imide groups is 1. The van der Waals surface area contributed by atoms with E-state index in [-0.39, 0.29) is 18.9 Å². The van der Waals surface area contributed by atoms with E-state index in [0.717, 1.165) is 11.1 Å². The van der Waals surface area contributed by atoms with Gasteiger partial charge in [-0.3, -0.25) is 14.9 Å². The van der Waals surface area contributed by atoms with Crippen LogP contribution < -0.4 is 25.4 Å². The monoisotopic (exact) mass is 383 g/mol. The predicted octanol–water partition coefficient (Wildman–Crippen LogP) is 1.49. The summed E-state index contributed by atoms with van der Waals surface area (Å²) in [5.74, 6) is 0.323. The van der Waals surface area contributed by atoms with Crippen LogP contribution in [0.25, 0.3) is 0 Å². The van der Waals surface area contributed by atoms with Gasteiger partial charge in [-0.15, -0.1) is 0 Å². The highest BCUT2D eigenvalue weighted by Crippen LogP contribution is 2.28. The summed E-state index contributed by atoms with van der Waals surface area (Å²) in [6, 6.07) is 13.8. The first-order chi connectivity index (χ1) is 13.5. The van der Waals surface area contributed by atoms with Crippen LogP contribution in [0.15, 0.2) is 48.5 Å². The van der Waals surface area contributed by atoms with Crippen molar-refractivity contribution in [3.8, 4) is 11.5 Å². The lowest BCUT2D eigenvalue weighted by atomic mass is 10.1. The van der Waals surface area contributed by atoms with E-state index in [1.165, 1.54) is 0 Å². The van der Waals surface area contributed by atoms with Gasteiger partial charge in [0.1, 0.15) is 12.6 Å². The lowest BCUT2D eigenvalue weighted by molar-refractivity contribution is -0.126. The van der Waals surface area contributed by atoms with Crippen molar-refractivity contribution in [2.45, 2.75) is 25.6 Å². The molecule has 1 atom stereocenters. The Bertz CT molecular complexity index is 869. The molecule has 8 nitrogen and oxygen atoms in total. The molecule has 1 fully saturated rings. The molecule has 0 spiro atoms. The number of rotatable bonds is 8. The van der Waals surface area contributed by atoms with E-state index < -0.39 is 18.0 Å². The van der Waals surface area contributed by atoms with Gasteiger partial charge in [0, 0.05) is 6.54 Å². The van der Waals surface area contributed by atoms with Gasteiger partial charge in [-0.1, -0.05) is 36.4 Å². The van der Waals surface area contributed by atoms with Gasteiger partial charge in [0.05, 0.1) is 13.5 Å². The van der Waals surface area contributed by atoms with E-state index in [2.05, 4.69) is 16.0 Å². The number of hydrogen-bond donors (Lipinski definition) is 3. The standard InChI is InChI=1S/C20H21N3O5/c1-27-17-9-14(7-8-16(17)28-12-13-5-3-2-4-6-13)11-21-18(24)10-15-19(25)23-20(26)22-15/h2-9,15H,10-12H2,1H3,(H,21,24)(H2,22,23,25,26)/t15-/m1/s1. The second-order valence-electron chi connectivity index (χ2n) is 6.26. The van der Waals surface area contributed by atoms with Crippen LogP contribution in [0.4, 0.5) is 4.79 Å². The molecule has 2 aromatic carbocycles. The SMILES string of the molecule is COc1cc(CNC(=O)C[C@H]2NC(=O)NC2=O)ccc1OCc1ccccc1. The average molecular weight is 383 g/mol. The molecule has 146 valence electrons. The van der Waals surface area contributed by atoms with E-state index >= 15 is 0 Å². The third-order valence-electron chi connectivity index (χ3n) is 4.20. The van der Waals surface area contributed by atoms with Gasteiger partial charge in [0.25, 0.3) is 5.91 Å². The first-order valence-corrected chi connectivity index (χ1v) is 8.77. The van der Waals surface area contributed by atoms with Crippen molar-refractivity contribution in [1.29, 1.82) is 0 Å². The Morgan fingerprint density at radius 1 is 1.07 bits per heavy atom. The van der Waals surface area contributed by atoms with Gasteiger partial charge < -0.3 is 20.1 Å². The van der Waals surface area contributed by atoms with Gasteiger partial charge in [0.15, 0.2) is 11.5 Å². The molecule has 1 aliphatic rings. The van der Waals surface area contributed by atoms with Gasteiger partial charge in [-0.2, -0.15) is 0 Å². The number of methoxy groups -OCH3 is 1. The summed E-state index contributed by atoms with van der Waals surface area (Å²) < 4.78 is 11.2. The molecule has 1 heterocycles. The van der Waals surface area contributed by atoms with Crippen LogP contribution >= 0.6 is 0 Å². The Morgan fingerprint density at radius 2 is 1.86 bits per heavy atom. The Hall–Kier alpha value is -3.55. The number of hydrogen-bond acceptors (Lipinski definition) is 5. The molecule has 0 saturated carbocycles. The number of ether oxygens (including phenoxy) is 2. The zero-order valence-corrected chi connectivity index (χ0v) is 15.4. The molecule has 0 aliphatic carbocycles. The number of benzene rings is 2.